The fraction of sp³-hybridized carbons (Fsp3) is 0.500. The largest absolute Gasteiger partial charge is 0.473 e. The Morgan fingerprint density at radius 3 is 2.38 bits per heavy atom. The minimum absolute atomic E-state index is 0.515. The molecular weight excluding hydrogens is 208 g/mol. The number of carboxylic acids is 1. The highest BCUT2D eigenvalue weighted by molar-refractivity contribution is 6.28. The van der Waals surface area contributed by atoms with Crippen LogP contribution in [0.3, 0.4) is 0 Å². The highest BCUT2D eigenvalue weighted by Gasteiger charge is 2.27. The van der Waals surface area contributed by atoms with Gasteiger partial charge in [0.25, 0.3) is 0 Å². The van der Waals surface area contributed by atoms with Gasteiger partial charge in [0.05, 0.1) is 0 Å². The fourth-order valence-electron chi connectivity index (χ4n) is 1.10. The number of hydrogen-bond acceptors (Lipinski definition) is 3. The van der Waals surface area contributed by atoms with Crippen molar-refractivity contribution in [3.8, 4) is 0 Å². The van der Waals surface area contributed by atoms with E-state index in [1.807, 2.05) is 19.9 Å². The van der Waals surface area contributed by atoms with Crippen molar-refractivity contribution in [1.82, 2.24) is 0 Å². The number of carboxylic acid groups (broad SMARTS) is 1. The number of carbonyl (C=O) groups excluding carboxylic acids is 1. The summed E-state index contributed by atoms with van der Waals surface area (Å²) in [4.78, 5) is 21.3. The van der Waals surface area contributed by atoms with Gasteiger partial charge >= 0.3 is 11.9 Å². The van der Waals surface area contributed by atoms with Crippen LogP contribution in [0.5, 0.6) is 0 Å². The molecular formula is C12H18O4. The number of esters is 1. The Hall–Kier alpha value is -1.58. The van der Waals surface area contributed by atoms with Gasteiger partial charge in [-0.15, -0.1) is 0 Å². The number of hydrogen-bond donors (Lipinski definition) is 1. The van der Waals surface area contributed by atoms with Crippen molar-refractivity contribution in [2.45, 2.75) is 39.2 Å². The van der Waals surface area contributed by atoms with Crippen LogP contribution in [0.1, 0.15) is 33.6 Å². The molecule has 0 aliphatic carbocycles. The summed E-state index contributed by atoms with van der Waals surface area (Å²) >= 11 is 0. The molecule has 4 nitrogen and oxygen atoms in total. The van der Waals surface area contributed by atoms with E-state index in [1.165, 1.54) is 6.08 Å². The zero-order chi connectivity index (χ0) is 12.8. The smallest absolute Gasteiger partial charge is 0.418 e. The second-order valence-corrected chi connectivity index (χ2v) is 4.03. The van der Waals surface area contributed by atoms with Gasteiger partial charge in [0.1, 0.15) is 5.60 Å². The summed E-state index contributed by atoms with van der Waals surface area (Å²) in [7, 11) is 0. The van der Waals surface area contributed by atoms with Crippen molar-refractivity contribution < 1.29 is 19.4 Å². The van der Waals surface area contributed by atoms with Crippen molar-refractivity contribution in [2.24, 2.45) is 0 Å². The monoisotopic (exact) mass is 226 g/mol. The lowest BCUT2D eigenvalue weighted by Gasteiger charge is -2.24. The van der Waals surface area contributed by atoms with E-state index in [4.69, 9.17) is 9.84 Å². The zero-order valence-corrected chi connectivity index (χ0v) is 9.95. The minimum Gasteiger partial charge on any atom is -0.473 e. The molecule has 0 saturated heterocycles. The van der Waals surface area contributed by atoms with Gasteiger partial charge in [0.2, 0.25) is 0 Å². The van der Waals surface area contributed by atoms with Crippen LogP contribution in [-0.4, -0.2) is 22.6 Å². The normalized spacial score (nSPS) is 13.4. The first-order valence-electron chi connectivity index (χ1n) is 5.04. The molecule has 1 N–H and O–H groups in total. The van der Waals surface area contributed by atoms with E-state index in [2.05, 4.69) is 6.58 Å². The van der Waals surface area contributed by atoms with Gasteiger partial charge in [-0.3, -0.25) is 0 Å². The SMILES string of the molecule is C=CC(C)(CCC=C(C)C)OC(=O)C(=O)O. The first-order valence-corrected chi connectivity index (χ1v) is 5.04. The lowest BCUT2D eigenvalue weighted by Crippen LogP contribution is -2.32. The molecule has 0 heterocycles. The Bertz CT molecular complexity index is 313. The third kappa shape index (κ3) is 5.34. The van der Waals surface area contributed by atoms with E-state index in [0.717, 1.165) is 5.57 Å². The molecule has 0 saturated carbocycles. The summed E-state index contributed by atoms with van der Waals surface area (Å²) in [6.07, 6.45) is 4.67. The summed E-state index contributed by atoms with van der Waals surface area (Å²) < 4.78 is 4.84. The number of ether oxygens (including phenoxy) is 1. The number of rotatable bonds is 5. The van der Waals surface area contributed by atoms with Crippen LogP contribution >= 0.6 is 0 Å². The van der Waals surface area contributed by atoms with E-state index >= 15 is 0 Å². The first kappa shape index (κ1) is 14.4. The summed E-state index contributed by atoms with van der Waals surface area (Å²) in [5, 5.41) is 8.43. The molecule has 0 amide bonds. The second kappa shape index (κ2) is 6.10. The van der Waals surface area contributed by atoms with E-state index in [1.54, 1.807) is 6.92 Å². The average molecular weight is 226 g/mol. The van der Waals surface area contributed by atoms with Gasteiger partial charge in [-0.25, -0.2) is 9.59 Å². The molecule has 1 unspecified atom stereocenters. The average Bonchev–Trinajstić information content (AvgIpc) is 2.16. The molecule has 0 bridgehead atoms. The van der Waals surface area contributed by atoms with Gasteiger partial charge in [-0.05, 0) is 39.7 Å². The first-order chi connectivity index (χ1) is 7.30. The molecule has 0 fully saturated rings. The van der Waals surface area contributed by atoms with Crippen molar-refractivity contribution >= 4 is 11.9 Å². The maximum absolute atomic E-state index is 10.9. The van der Waals surface area contributed by atoms with Gasteiger partial charge in [-0.2, -0.15) is 0 Å². The molecule has 0 aliphatic heterocycles. The number of carbonyl (C=O) groups is 2. The predicted octanol–water partition coefficient (Wildman–Crippen LogP) is 2.31. The van der Waals surface area contributed by atoms with Crippen molar-refractivity contribution in [3.05, 3.63) is 24.3 Å². The molecule has 0 aliphatic rings. The zero-order valence-electron chi connectivity index (χ0n) is 9.95. The Balaban J connectivity index is 4.42. The number of allylic oxidation sites excluding steroid dienone is 2. The van der Waals surface area contributed by atoms with Crippen LogP contribution in [0.25, 0.3) is 0 Å². The van der Waals surface area contributed by atoms with Gasteiger partial charge in [0, 0.05) is 0 Å². The topological polar surface area (TPSA) is 63.6 Å². The second-order valence-electron chi connectivity index (χ2n) is 4.03. The van der Waals surface area contributed by atoms with Crippen molar-refractivity contribution in [3.63, 3.8) is 0 Å². The molecule has 0 aromatic heterocycles. The van der Waals surface area contributed by atoms with E-state index < -0.39 is 17.5 Å². The molecule has 90 valence electrons. The quantitative estimate of drug-likeness (QED) is 0.444. The van der Waals surface area contributed by atoms with E-state index in [0.29, 0.717) is 12.8 Å². The summed E-state index contributed by atoms with van der Waals surface area (Å²) in [5.74, 6) is -2.84. The lowest BCUT2D eigenvalue weighted by atomic mass is 9.99. The maximum Gasteiger partial charge on any atom is 0.418 e. The maximum atomic E-state index is 10.9. The van der Waals surface area contributed by atoms with Gasteiger partial charge in [-0.1, -0.05) is 18.2 Å². The fourth-order valence-corrected chi connectivity index (χ4v) is 1.10. The molecule has 0 aromatic rings. The molecule has 16 heavy (non-hydrogen) atoms. The summed E-state index contributed by atoms with van der Waals surface area (Å²) in [6.45, 7) is 9.12. The lowest BCUT2D eigenvalue weighted by molar-refractivity contribution is -0.170. The molecule has 0 aromatic carbocycles. The van der Waals surface area contributed by atoms with E-state index in [-0.39, 0.29) is 0 Å². The summed E-state index contributed by atoms with van der Waals surface area (Å²) in [5.41, 5.74) is 0.234. The molecule has 4 heteroatoms. The van der Waals surface area contributed by atoms with Crippen LogP contribution in [-0.2, 0) is 14.3 Å². The molecule has 0 spiro atoms. The van der Waals surface area contributed by atoms with Gasteiger partial charge < -0.3 is 9.84 Å². The highest BCUT2D eigenvalue weighted by Crippen LogP contribution is 2.20. The Labute approximate surface area is 95.6 Å². The predicted molar refractivity (Wildman–Crippen MR) is 61.0 cm³/mol. The Morgan fingerprint density at radius 1 is 1.44 bits per heavy atom. The highest BCUT2D eigenvalue weighted by atomic mass is 16.6. The van der Waals surface area contributed by atoms with Crippen molar-refractivity contribution in [1.29, 1.82) is 0 Å². The molecule has 0 rings (SSSR count). The third-order valence-electron chi connectivity index (χ3n) is 2.13. The molecule has 0 radical (unpaired) electrons. The standard InChI is InChI=1S/C12H18O4/c1-5-12(4,8-6-7-9(2)3)16-11(15)10(13)14/h5,7H,1,6,8H2,2-4H3,(H,13,14). The Kier molecular flexibility index (Phi) is 5.50. The van der Waals surface area contributed by atoms with Crippen LogP contribution in [0.4, 0.5) is 0 Å². The van der Waals surface area contributed by atoms with Crippen LogP contribution < -0.4 is 0 Å². The molecule has 1 atom stereocenters. The third-order valence-corrected chi connectivity index (χ3v) is 2.13. The van der Waals surface area contributed by atoms with Crippen LogP contribution in [0.2, 0.25) is 0 Å². The summed E-state index contributed by atoms with van der Waals surface area (Å²) in [6, 6.07) is 0. The Morgan fingerprint density at radius 2 is 2.00 bits per heavy atom. The van der Waals surface area contributed by atoms with Crippen LogP contribution in [0, 0.1) is 0 Å². The number of aliphatic carboxylic acids is 1. The van der Waals surface area contributed by atoms with Crippen LogP contribution in [0.15, 0.2) is 24.3 Å². The van der Waals surface area contributed by atoms with E-state index in [9.17, 15) is 9.59 Å². The van der Waals surface area contributed by atoms with Crippen molar-refractivity contribution in [2.75, 3.05) is 0 Å². The minimum atomic E-state index is -1.59. The van der Waals surface area contributed by atoms with Gasteiger partial charge in [0.15, 0.2) is 0 Å².